The minimum Gasteiger partial charge on any atom is -0.454 e. The van der Waals surface area contributed by atoms with Crippen LogP contribution in [0.15, 0.2) is 46.0 Å². The van der Waals surface area contributed by atoms with Crippen LogP contribution in [0.2, 0.25) is 0 Å². The molecule has 4 aromatic rings. The fourth-order valence-electron chi connectivity index (χ4n) is 3.54. The van der Waals surface area contributed by atoms with Gasteiger partial charge in [-0.05, 0) is 23.6 Å². The molecule has 4 heterocycles. The molecule has 1 aliphatic rings. The van der Waals surface area contributed by atoms with Crippen LogP contribution in [-0.2, 0) is 16.8 Å². The van der Waals surface area contributed by atoms with E-state index in [1.807, 2.05) is 28.1 Å². The molecule has 0 atom stereocenters. The maximum Gasteiger partial charge on any atom is 0.274 e. The zero-order valence-corrected chi connectivity index (χ0v) is 20.8. The number of aromatic nitrogens is 4. The fourth-order valence-corrected chi connectivity index (χ4v) is 5.82. The van der Waals surface area contributed by atoms with Gasteiger partial charge in [-0.25, -0.2) is 24.8 Å². The average molecular weight is 535 g/mol. The Morgan fingerprint density at radius 2 is 2.00 bits per heavy atom. The lowest BCUT2D eigenvalue weighted by atomic mass is 10.1. The predicted molar refractivity (Wildman–Crippen MR) is 134 cm³/mol. The van der Waals surface area contributed by atoms with Gasteiger partial charge in [0.2, 0.25) is 6.79 Å². The molecule has 6 N–H and O–H groups in total. The van der Waals surface area contributed by atoms with Gasteiger partial charge in [0.05, 0.1) is 0 Å². The van der Waals surface area contributed by atoms with E-state index >= 15 is 0 Å². The van der Waals surface area contributed by atoms with Crippen LogP contribution in [0.1, 0.15) is 0 Å². The first-order valence-corrected chi connectivity index (χ1v) is 13.7. The van der Waals surface area contributed by atoms with Gasteiger partial charge in [0.25, 0.3) is 10.2 Å². The molecule has 0 fully saturated rings. The number of benzene rings is 1. The Kier molecular flexibility index (Phi) is 6.77. The number of nitrogens with zero attached hydrogens (tertiary/aromatic N) is 4. The van der Waals surface area contributed by atoms with E-state index in [1.54, 1.807) is 11.3 Å². The first kappa shape index (κ1) is 23.8. The molecule has 12 nitrogen and oxygen atoms in total. The molecule has 0 spiro atoms. The van der Waals surface area contributed by atoms with Crippen molar-refractivity contribution in [3.8, 4) is 21.9 Å². The molecular weight excluding hydrogens is 512 g/mol. The first-order valence-electron chi connectivity index (χ1n) is 10.5. The molecule has 0 unspecified atom stereocenters. The highest BCUT2D eigenvalue weighted by Gasteiger charge is 2.22. The van der Waals surface area contributed by atoms with Gasteiger partial charge in [0.1, 0.15) is 6.33 Å². The Morgan fingerprint density at radius 1 is 1.17 bits per heavy atom. The summed E-state index contributed by atoms with van der Waals surface area (Å²) >= 11 is 3.11. The van der Waals surface area contributed by atoms with Gasteiger partial charge < -0.3 is 25.1 Å². The van der Waals surface area contributed by atoms with E-state index in [0.29, 0.717) is 53.3 Å². The third kappa shape index (κ3) is 5.34. The van der Waals surface area contributed by atoms with Crippen LogP contribution in [0.4, 0.5) is 5.82 Å². The Labute approximate surface area is 209 Å². The lowest BCUT2D eigenvalue weighted by Gasteiger charge is -2.12. The number of nitrogen functional groups attached to an aromatic ring is 1. The third-order valence-electron chi connectivity index (χ3n) is 5.11. The van der Waals surface area contributed by atoms with Gasteiger partial charge >= 0.3 is 0 Å². The van der Waals surface area contributed by atoms with Gasteiger partial charge in [0.15, 0.2) is 33.6 Å². The van der Waals surface area contributed by atoms with Crippen molar-refractivity contribution in [1.82, 2.24) is 29.6 Å². The van der Waals surface area contributed by atoms with Crippen molar-refractivity contribution in [2.24, 2.45) is 5.14 Å². The largest absolute Gasteiger partial charge is 0.454 e. The molecule has 0 bridgehead atoms. The minimum absolute atomic E-state index is 0.182. The SMILES string of the molecule is Nc1ncnc2c1nc(Sc1cc3c(cc1-c1cccs1)OCO3)n2CCNCCNS(N)(=O)=O. The number of hydrogen-bond acceptors (Lipinski definition) is 11. The maximum absolute atomic E-state index is 11.0. The summed E-state index contributed by atoms with van der Waals surface area (Å²) in [6, 6.07) is 7.99. The fraction of sp³-hybridized carbons (Fsp3) is 0.250. The van der Waals surface area contributed by atoms with Crippen LogP contribution in [0.25, 0.3) is 21.6 Å². The van der Waals surface area contributed by atoms with Crippen LogP contribution in [0.3, 0.4) is 0 Å². The van der Waals surface area contributed by atoms with E-state index in [9.17, 15) is 8.42 Å². The molecule has 0 saturated carbocycles. The van der Waals surface area contributed by atoms with Gasteiger partial charge in [-0.1, -0.05) is 17.8 Å². The summed E-state index contributed by atoms with van der Waals surface area (Å²) in [4.78, 5) is 15.3. The molecule has 35 heavy (non-hydrogen) atoms. The smallest absolute Gasteiger partial charge is 0.274 e. The van der Waals surface area contributed by atoms with Crippen molar-refractivity contribution >= 4 is 50.3 Å². The number of nitrogens with one attached hydrogen (secondary N) is 2. The number of thiophene rings is 1. The second kappa shape index (κ2) is 9.96. The summed E-state index contributed by atoms with van der Waals surface area (Å²) in [6.07, 6.45) is 1.41. The van der Waals surface area contributed by atoms with Crippen LogP contribution >= 0.6 is 23.1 Å². The molecule has 1 aromatic carbocycles. The highest BCUT2D eigenvalue weighted by Crippen LogP contribution is 2.45. The molecular formula is C20H22N8O4S3. The Bertz CT molecular complexity index is 1460. The van der Waals surface area contributed by atoms with Crippen LogP contribution in [0, 0.1) is 0 Å². The van der Waals surface area contributed by atoms with Crippen LogP contribution < -0.4 is 30.4 Å². The molecule has 15 heteroatoms. The lowest BCUT2D eigenvalue weighted by molar-refractivity contribution is 0.174. The molecule has 0 saturated heterocycles. The summed E-state index contributed by atoms with van der Waals surface area (Å²) in [7, 11) is -3.71. The topological polar surface area (TPSA) is 172 Å². The van der Waals surface area contributed by atoms with E-state index in [0.717, 1.165) is 15.3 Å². The van der Waals surface area contributed by atoms with E-state index in [2.05, 4.69) is 26.1 Å². The maximum atomic E-state index is 11.0. The molecule has 1 aliphatic heterocycles. The van der Waals surface area contributed by atoms with E-state index < -0.39 is 10.2 Å². The number of anilines is 1. The van der Waals surface area contributed by atoms with Crippen molar-refractivity contribution in [3.05, 3.63) is 36.0 Å². The normalized spacial score (nSPS) is 13.1. The van der Waals surface area contributed by atoms with Crippen molar-refractivity contribution in [2.75, 3.05) is 32.2 Å². The summed E-state index contributed by atoms with van der Waals surface area (Å²) in [5.41, 5.74) is 8.23. The number of nitrogens with two attached hydrogens (primary N) is 2. The third-order valence-corrected chi connectivity index (χ3v) is 7.67. The van der Waals surface area contributed by atoms with Crippen molar-refractivity contribution in [3.63, 3.8) is 0 Å². The van der Waals surface area contributed by atoms with Crippen LogP contribution in [-0.4, -0.2) is 54.4 Å². The number of fused-ring (bicyclic) bond motifs is 2. The highest BCUT2D eigenvalue weighted by molar-refractivity contribution is 7.99. The van der Waals surface area contributed by atoms with E-state index in [4.69, 9.17) is 25.3 Å². The number of ether oxygens (including phenoxy) is 2. The summed E-state index contributed by atoms with van der Waals surface area (Å²) in [5, 5.41) is 10.9. The van der Waals surface area contributed by atoms with Gasteiger partial charge in [-0.2, -0.15) is 8.42 Å². The zero-order valence-electron chi connectivity index (χ0n) is 18.3. The minimum atomic E-state index is -3.71. The van der Waals surface area contributed by atoms with Crippen molar-refractivity contribution < 1.29 is 17.9 Å². The van der Waals surface area contributed by atoms with Gasteiger partial charge in [-0.15, -0.1) is 11.3 Å². The second-order valence-electron chi connectivity index (χ2n) is 7.45. The molecule has 3 aromatic heterocycles. The van der Waals surface area contributed by atoms with Crippen molar-refractivity contribution in [1.29, 1.82) is 0 Å². The molecule has 0 amide bonds. The predicted octanol–water partition coefficient (Wildman–Crippen LogP) is 1.40. The summed E-state index contributed by atoms with van der Waals surface area (Å²) in [6.45, 7) is 1.83. The van der Waals surface area contributed by atoms with Crippen molar-refractivity contribution in [2.45, 2.75) is 16.6 Å². The van der Waals surface area contributed by atoms with Gasteiger partial charge in [0, 0.05) is 41.5 Å². The molecule has 184 valence electrons. The lowest BCUT2D eigenvalue weighted by Crippen LogP contribution is -2.36. The number of rotatable bonds is 10. The van der Waals surface area contributed by atoms with Crippen LogP contribution in [0.5, 0.6) is 11.5 Å². The summed E-state index contributed by atoms with van der Waals surface area (Å²) < 4.78 is 37.4. The second-order valence-corrected chi connectivity index (χ2v) is 10.8. The van der Waals surface area contributed by atoms with E-state index in [-0.39, 0.29) is 13.3 Å². The molecule has 5 rings (SSSR count). The number of imidazole rings is 1. The Balaban J connectivity index is 1.43. The molecule has 0 aliphatic carbocycles. The number of hydrogen-bond donors (Lipinski definition) is 4. The zero-order chi connectivity index (χ0) is 24.4. The first-order chi connectivity index (χ1) is 16.9. The Morgan fingerprint density at radius 3 is 2.77 bits per heavy atom. The standard InChI is InChI=1S/C20H22N8O4S3/c21-18-17-19(25-10-24-18)28(6-5-23-3-4-26-35(22,29)30)20(27-17)34-16-9-14-13(31-11-32-14)8-12(16)15-2-1-7-33-15/h1-2,7-10,23,26H,3-6,11H2,(H2,21,24,25)(H2,22,29,30). The average Bonchev–Trinajstić information content (AvgIpc) is 3.56. The monoisotopic (exact) mass is 534 g/mol. The Hall–Kier alpha value is -2.95. The van der Waals surface area contributed by atoms with Gasteiger partial charge in [-0.3, -0.25) is 0 Å². The summed E-state index contributed by atoms with van der Waals surface area (Å²) in [5.74, 6) is 1.68. The highest BCUT2D eigenvalue weighted by atomic mass is 32.2. The molecule has 0 radical (unpaired) electrons. The van der Waals surface area contributed by atoms with E-state index in [1.165, 1.54) is 18.1 Å². The quantitative estimate of drug-likeness (QED) is 0.218.